The third-order valence-corrected chi connectivity index (χ3v) is 5.62. The van der Waals surface area contributed by atoms with E-state index in [-0.39, 0.29) is 17.7 Å². The molecule has 1 N–H and O–H groups in total. The highest BCUT2D eigenvalue weighted by Gasteiger charge is 2.23. The number of hydrogen-bond donors (Lipinski definition) is 1. The fraction of sp³-hybridized carbons (Fsp3) is 0.333. The van der Waals surface area contributed by atoms with Crippen molar-refractivity contribution in [3.8, 4) is 5.69 Å². The average molecular weight is 448 g/mol. The minimum atomic E-state index is -0.778. The van der Waals surface area contributed by atoms with Crippen molar-refractivity contribution >= 4 is 50.6 Å². The highest BCUT2D eigenvalue weighted by atomic mass is 35.5. The minimum Gasteiger partial charge on any atom is -0.461 e. The smallest absolute Gasteiger partial charge is 0.359 e. The van der Waals surface area contributed by atoms with Crippen molar-refractivity contribution in [2.24, 2.45) is 0 Å². The van der Waals surface area contributed by atoms with E-state index in [1.165, 1.54) is 6.92 Å². The number of halogens is 1. The van der Waals surface area contributed by atoms with Crippen molar-refractivity contribution in [1.29, 1.82) is 0 Å². The molecule has 2 aromatic heterocycles. The number of esters is 1. The number of thiophene rings is 1. The van der Waals surface area contributed by atoms with Crippen LogP contribution in [0.3, 0.4) is 0 Å². The van der Waals surface area contributed by atoms with Gasteiger partial charge < -0.3 is 10.1 Å². The summed E-state index contributed by atoms with van der Waals surface area (Å²) in [6, 6.07) is 7.37. The summed E-state index contributed by atoms with van der Waals surface area (Å²) in [7, 11) is 0. The van der Waals surface area contributed by atoms with Crippen molar-refractivity contribution in [2.45, 2.75) is 39.0 Å². The quantitative estimate of drug-likeness (QED) is 0.449. The van der Waals surface area contributed by atoms with Crippen molar-refractivity contribution < 1.29 is 14.3 Å². The highest BCUT2D eigenvalue weighted by molar-refractivity contribution is 7.16. The van der Waals surface area contributed by atoms with Gasteiger partial charge >= 0.3 is 5.97 Å². The van der Waals surface area contributed by atoms with Crippen LogP contribution in [-0.2, 0) is 9.53 Å². The number of fused-ring (bicyclic) bond motifs is 1. The number of carbonyl (C=O) groups excluding carboxylic acids is 2. The van der Waals surface area contributed by atoms with Gasteiger partial charge in [0, 0.05) is 10.8 Å². The topological polar surface area (TPSA) is 90.3 Å². The molecule has 0 spiro atoms. The molecule has 1 unspecified atom stereocenters. The summed E-state index contributed by atoms with van der Waals surface area (Å²) in [5, 5.41) is 8.61. The summed E-state index contributed by atoms with van der Waals surface area (Å²) in [6.45, 7) is 7.54. The van der Waals surface area contributed by atoms with Crippen LogP contribution in [0.4, 0.5) is 5.00 Å². The van der Waals surface area contributed by atoms with E-state index in [1.807, 2.05) is 12.1 Å². The fourth-order valence-corrected chi connectivity index (χ4v) is 3.87. The second-order valence-electron chi connectivity index (χ2n) is 6.99. The lowest BCUT2D eigenvalue weighted by Crippen LogP contribution is -2.26. The molecule has 2 heterocycles. The first-order valence-electron chi connectivity index (χ1n) is 9.51. The van der Waals surface area contributed by atoms with Gasteiger partial charge in [0.15, 0.2) is 5.69 Å². The summed E-state index contributed by atoms with van der Waals surface area (Å²) >= 11 is 6.98. The zero-order valence-electron chi connectivity index (χ0n) is 17.1. The summed E-state index contributed by atoms with van der Waals surface area (Å²) in [5.74, 6) is -0.754. The normalized spacial score (nSPS) is 12.2. The molecule has 7 nitrogen and oxygen atoms in total. The number of anilines is 1. The van der Waals surface area contributed by atoms with E-state index >= 15 is 0 Å². The second kappa shape index (κ2) is 8.97. The minimum absolute atomic E-state index is 0.00931. The van der Waals surface area contributed by atoms with Gasteiger partial charge in [-0.05, 0) is 37.5 Å². The monoisotopic (exact) mass is 447 g/mol. The van der Waals surface area contributed by atoms with Crippen LogP contribution in [0, 0.1) is 0 Å². The Bertz CT molecular complexity index is 1150. The molecule has 3 aromatic rings. The first kappa shape index (κ1) is 22.0. The van der Waals surface area contributed by atoms with Gasteiger partial charge in [0.25, 0.3) is 5.56 Å². The molecule has 1 atom stereocenters. The number of nitrogens with zero attached hydrogens (tertiary/aromatic N) is 2. The maximum Gasteiger partial charge on any atom is 0.359 e. The number of ether oxygens (including phenoxy) is 1. The van der Waals surface area contributed by atoms with Gasteiger partial charge in [-0.1, -0.05) is 26.0 Å². The SMILES string of the molecule is CCOC(=O)c1nn(-c2ccc(C(C)C)cc2)c(=O)c2c(NC(=O)C(C)Cl)scc12. The van der Waals surface area contributed by atoms with Crippen LogP contribution < -0.4 is 10.9 Å². The van der Waals surface area contributed by atoms with Crippen molar-refractivity contribution in [3.05, 3.63) is 51.3 Å². The lowest BCUT2D eigenvalue weighted by Gasteiger charge is -2.11. The molecule has 0 radical (unpaired) electrons. The first-order chi connectivity index (χ1) is 14.2. The van der Waals surface area contributed by atoms with E-state index < -0.39 is 22.8 Å². The zero-order chi connectivity index (χ0) is 22.0. The molecule has 0 aliphatic rings. The van der Waals surface area contributed by atoms with E-state index in [0.29, 0.717) is 22.0 Å². The Hall–Kier alpha value is -2.71. The van der Waals surface area contributed by atoms with Gasteiger partial charge in [-0.25, -0.2) is 4.79 Å². The van der Waals surface area contributed by atoms with Crippen molar-refractivity contribution in [1.82, 2.24) is 9.78 Å². The zero-order valence-corrected chi connectivity index (χ0v) is 18.6. The molecular weight excluding hydrogens is 426 g/mol. The van der Waals surface area contributed by atoms with E-state index in [4.69, 9.17) is 16.3 Å². The first-order valence-corrected chi connectivity index (χ1v) is 10.8. The lowest BCUT2D eigenvalue weighted by atomic mass is 10.0. The van der Waals surface area contributed by atoms with Crippen LogP contribution >= 0.6 is 22.9 Å². The summed E-state index contributed by atoms with van der Waals surface area (Å²) < 4.78 is 6.28. The van der Waals surface area contributed by atoms with Crippen LogP contribution in [-0.4, -0.2) is 33.6 Å². The molecule has 3 rings (SSSR count). The second-order valence-corrected chi connectivity index (χ2v) is 8.53. The van der Waals surface area contributed by atoms with Crippen molar-refractivity contribution in [3.63, 3.8) is 0 Å². The van der Waals surface area contributed by atoms with Crippen molar-refractivity contribution in [2.75, 3.05) is 11.9 Å². The van der Waals surface area contributed by atoms with Gasteiger partial charge in [0.05, 0.1) is 17.7 Å². The van der Waals surface area contributed by atoms with Crippen LogP contribution in [0.2, 0.25) is 0 Å². The number of rotatable bonds is 6. The third-order valence-electron chi connectivity index (χ3n) is 4.52. The Kier molecular flexibility index (Phi) is 6.58. The molecule has 1 amide bonds. The van der Waals surface area contributed by atoms with Crippen LogP contribution in [0.15, 0.2) is 34.4 Å². The Morgan fingerprint density at radius 3 is 2.47 bits per heavy atom. The Balaban J connectivity index is 2.24. The Labute approximate surface area is 182 Å². The molecule has 0 saturated heterocycles. The van der Waals surface area contributed by atoms with E-state index in [9.17, 15) is 14.4 Å². The maximum absolute atomic E-state index is 13.3. The third kappa shape index (κ3) is 4.24. The summed E-state index contributed by atoms with van der Waals surface area (Å²) in [5.41, 5.74) is 1.17. The number of amides is 1. The number of hydrogen-bond acceptors (Lipinski definition) is 6. The number of alkyl halides is 1. The molecule has 9 heteroatoms. The van der Waals surface area contributed by atoms with E-state index in [0.717, 1.165) is 21.6 Å². The molecule has 0 saturated carbocycles. The molecule has 158 valence electrons. The molecule has 0 fully saturated rings. The molecular formula is C21H22ClN3O4S. The molecule has 1 aromatic carbocycles. The van der Waals surface area contributed by atoms with Crippen LogP contribution in [0.1, 0.15) is 49.7 Å². The molecule has 0 aliphatic carbocycles. The van der Waals surface area contributed by atoms with Gasteiger partial charge in [0.1, 0.15) is 10.4 Å². The molecule has 0 bridgehead atoms. The molecule has 30 heavy (non-hydrogen) atoms. The largest absolute Gasteiger partial charge is 0.461 e. The molecule has 0 aliphatic heterocycles. The fourth-order valence-electron chi connectivity index (χ4n) is 2.88. The number of nitrogens with one attached hydrogen (secondary N) is 1. The predicted molar refractivity (Wildman–Crippen MR) is 119 cm³/mol. The van der Waals surface area contributed by atoms with Crippen LogP contribution in [0.5, 0.6) is 0 Å². The van der Waals surface area contributed by atoms with E-state index in [1.54, 1.807) is 24.4 Å². The van der Waals surface area contributed by atoms with Gasteiger partial charge in [0.2, 0.25) is 5.91 Å². The van der Waals surface area contributed by atoms with E-state index in [2.05, 4.69) is 24.3 Å². The standard InChI is InChI=1S/C21H22ClN3O4S/c1-5-29-21(28)17-15-10-30-19(23-18(26)12(4)22)16(15)20(27)25(24-17)14-8-6-13(7-9-14)11(2)3/h6-12H,5H2,1-4H3,(H,23,26). The van der Waals surface area contributed by atoms with Gasteiger partial charge in [-0.15, -0.1) is 22.9 Å². The van der Waals surface area contributed by atoms with Gasteiger partial charge in [-0.3, -0.25) is 9.59 Å². The Morgan fingerprint density at radius 2 is 1.90 bits per heavy atom. The number of benzene rings is 1. The summed E-state index contributed by atoms with van der Waals surface area (Å²) in [4.78, 5) is 37.9. The number of aromatic nitrogens is 2. The highest BCUT2D eigenvalue weighted by Crippen LogP contribution is 2.31. The average Bonchev–Trinajstić information content (AvgIpc) is 3.12. The maximum atomic E-state index is 13.3. The van der Waals surface area contributed by atoms with Crippen LogP contribution in [0.25, 0.3) is 16.5 Å². The van der Waals surface area contributed by atoms with Gasteiger partial charge in [-0.2, -0.15) is 9.78 Å². The lowest BCUT2D eigenvalue weighted by molar-refractivity contribution is -0.115. The predicted octanol–water partition coefficient (Wildman–Crippen LogP) is 4.31. The number of carbonyl (C=O) groups is 2. The Morgan fingerprint density at radius 1 is 1.23 bits per heavy atom. The summed E-state index contributed by atoms with van der Waals surface area (Å²) in [6.07, 6.45) is 0.